The number of ether oxygens (including phenoxy) is 2. The van der Waals surface area contributed by atoms with E-state index in [0.29, 0.717) is 19.1 Å². The molecule has 2 rings (SSSR count). The summed E-state index contributed by atoms with van der Waals surface area (Å²) in [6.45, 7) is 3.08. The van der Waals surface area contributed by atoms with E-state index in [4.69, 9.17) is 9.47 Å². The highest BCUT2D eigenvalue weighted by Crippen LogP contribution is 2.32. The number of allylic oxidation sites excluding steroid dienone is 2. The van der Waals surface area contributed by atoms with Gasteiger partial charge >= 0.3 is 11.9 Å². The maximum absolute atomic E-state index is 12.5. The molecule has 136 valence electrons. The maximum atomic E-state index is 12.5. The first-order valence-corrected chi connectivity index (χ1v) is 9.70. The molecule has 0 aromatic rings. The van der Waals surface area contributed by atoms with E-state index in [-0.39, 0.29) is 23.8 Å². The largest absolute Gasteiger partial charge is 0.465 e. The van der Waals surface area contributed by atoms with Gasteiger partial charge in [-0.1, -0.05) is 44.8 Å². The van der Waals surface area contributed by atoms with Crippen molar-refractivity contribution in [1.82, 2.24) is 0 Å². The summed E-state index contributed by atoms with van der Waals surface area (Å²) in [5.74, 6) is -0.578. The van der Waals surface area contributed by atoms with Crippen molar-refractivity contribution in [3.8, 4) is 0 Å². The zero-order valence-corrected chi connectivity index (χ0v) is 15.0. The smallest absolute Gasteiger partial charge is 0.309 e. The minimum atomic E-state index is -0.309. The van der Waals surface area contributed by atoms with Gasteiger partial charge in [-0.3, -0.25) is 9.59 Å². The highest BCUT2D eigenvalue weighted by molar-refractivity contribution is 5.82. The molecular weight excluding hydrogens is 304 g/mol. The maximum Gasteiger partial charge on any atom is 0.309 e. The number of rotatable bonds is 8. The summed E-state index contributed by atoms with van der Waals surface area (Å²) in [7, 11) is 0. The monoisotopic (exact) mass is 336 g/mol. The molecule has 4 nitrogen and oxygen atoms in total. The summed E-state index contributed by atoms with van der Waals surface area (Å²) in [5, 5.41) is 0. The molecule has 2 aliphatic carbocycles. The quantitative estimate of drug-likeness (QED) is 0.374. The molecule has 0 bridgehead atoms. The molecule has 0 aliphatic heterocycles. The SMILES string of the molecule is CCCCCOC(=O)C1CCCCC1C(=O)OCC1CC=CCC1. The number of carbonyl (C=O) groups is 2. The minimum Gasteiger partial charge on any atom is -0.465 e. The van der Waals surface area contributed by atoms with E-state index in [2.05, 4.69) is 19.1 Å². The summed E-state index contributed by atoms with van der Waals surface area (Å²) in [6.07, 6.45) is 14.0. The third kappa shape index (κ3) is 5.95. The topological polar surface area (TPSA) is 52.6 Å². The Bertz CT molecular complexity index is 429. The number of hydrogen-bond donors (Lipinski definition) is 0. The lowest BCUT2D eigenvalue weighted by Crippen LogP contribution is -2.35. The van der Waals surface area contributed by atoms with Crippen LogP contribution in [0.4, 0.5) is 0 Å². The van der Waals surface area contributed by atoms with E-state index in [1.165, 1.54) is 0 Å². The Kier molecular flexibility index (Phi) is 8.34. The van der Waals surface area contributed by atoms with Gasteiger partial charge in [-0.15, -0.1) is 0 Å². The van der Waals surface area contributed by atoms with Crippen molar-refractivity contribution < 1.29 is 19.1 Å². The summed E-state index contributed by atoms with van der Waals surface area (Å²) in [6, 6.07) is 0. The second-order valence-electron chi connectivity index (χ2n) is 7.15. The molecular formula is C20H32O4. The highest BCUT2D eigenvalue weighted by Gasteiger charge is 2.38. The van der Waals surface area contributed by atoms with Gasteiger partial charge in [-0.2, -0.15) is 0 Å². The van der Waals surface area contributed by atoms with Crippen LogP contribution in [-0.2, 0) is 19.1 Å². The molecule has 3 atom stereocenters. The predicted octanol–water partition coefficient (Wildman–Crippen LogP) is 4.43. The summed E-state index contributed by atoms with van der Waals surface area (Å²) < 4.78 is 11.0. The Balaban J connectivity index is 1.79. The van der Waals surface area contributed by atoms with Gasteiger partial charge < -0.3 is 9.47 Å². The second kappa shape index (κ2) is 10.5. The fourth-order valence-corrected chi connectivity index (χ4v) is 3.64. The van der Waals surface area contributed by atoms with Crippen LogP contribution in [0.5, 0.6) is 0 Å². The van der Waals surface area contributed by atoms with E-state index < -0.39 is 0 Å². The van der Waals surface area contributed by atoms with Crippen molar-refractivity contribution in [3.05, 3.63) is 12.2 Å². The summed E-state index contributed by atoms with van der Waals surface area (Å²) >= 11 is 0. The van der Waals surface area contributed by atoms with Crippen molar-refractivity contribution >= 4 is 11.9 Å². The molecule has 24 heavy (non-hydrogen) atoms. The van der Waals surface area contributed by atoms with Gasteiger partial charge in [-0.05, 0) is 44.4 Å². The molecule has 1 saturated carbocycles. The lowest BCUT2D eigenvalue weighted by Gasteiger charge is -2.29. The number of hydrogen-bond acceptors (Lipinski definition) is 4. The van der Waals surface area contributed by atoms with Crippen LogP contribution < -0.4 is 0 Å². The van der Waals surface area contributed by atoms with Gasteiger partial charge in [0.1, 0.15) is 0 Å². The lowest BCUT2D eigenvalue weighted by atomic mass is 9.79. The van der Waals surface area contributed by atoms with Crippen LogP contribution in [0.15, 0.2) is 12.2 Å². The van der Waals surface area contributed by atoms with Gasteiger partial charge in [0.15, 0.2) is 0 Å². The van der Waals surface area contributed by atoms with E-state index in [1.54, 1.807) is 0 Å². The standard InChI is InChI=1S/C20H32O4/c1-2-3-9-14-23-19(21)17-12-7-8-13-18(17)20(22)24-15-16-10-5-4-6-11-16/h4-5,16-18H,2-3,6-15H2,1H3. The molecule has 0 spiro atoms. The summed E-state index contributed by atoms with van der Waals surface area (Å²) in [4.78, 5) is 24.8. The van der Waals surface area contributed by atoms with Crippen LogP contribution in [0.1, 0.15) is 71.1 Å². The predicted molar refractivity (Wildman–Crippen MR) is 93.4 cm³/mol. The zero-order chi connectivity index (χ0) is 17.2. The average molecular weight is 336 g/mol. The lowest BCUT2D eigenvalue weighted by molar-refractivity contribution is -0.163. The molecule has 0 aromatic carbocycles. The van der Waals surface area contributed by atoms with Crippen molar-refractivity contribution in [1.29, 1.82) is 0 Å². The average Bonchev–Trinajstić information content (AvgIpc) is 2.64. The van der Waals surface area contributed by atoms with Crippen LogP contribution in [0.25, 0.3) is 0 Å². The molecule has 0 aromatic heterocycles. The van der Waals surface area contributed by atoms with Gasteiger partial charge in [0.05, 0.1) is 25.0 Å². The Morgan fingerprint density at radius 2 is 1.67 bits per heavy atom. The molecule has 4 heteroatoms. The molecule has 0 saturated heterocycles. The third-order valence-electron chi connectivity index (χ3n) is 5.20. The number of carbonyl (C=O) groups excluding carboxylic acids is 2. The van der Waals surface area contributed by atoms with Crippen LogP contribution in [0, 0.1) is 17.8 Å². The fourth-order valence-electron chi connectivity index (χ4n) is 3.64. The van der Waals surface area contributed by atoms with Gasteiger partial charge in [-0.25, -0.2) is 0 Å². The van der Waals surface area contributed by atoms with E-state index in [0.717, 1.165) is 64.2 Å². The third-order valence-corrected chi connectivity index (χ3v) is 5.20. The van der Waals surface area contributed by atoms with Crippen LogP contribution in [-0.4, -0.2) is 25.2 Å². The highest BCUT2D eigenvalue weighted by atomic mass is 16.5. The first-order valence-electron chi connectivity index (χ1n) is 9.70. The van der Waals surface area contributed by atoms with Crippen LogP contribution in [0.2, 0.25) is 0 Å². The first kappa shape index (κ1) is 19.0. The van der Waals surface area contributed by atoms with E-state index in [9.17, 15) is 9.59 Å². The first-order chi connectivity index (χ1) is 11.7. The molecule has 0 heterocycles. The zero-order valence-electron chi connectivity index (χ0n) is 15.0. The van der Waals surface area contributed by atoms with Gasteiger partial charge in [0.25, 0.3) is 0 Å². The number of unbranched alkanes of at least 4 members (excludes halogenated alkanes) is 2. The molecule has 0 amide bonds. The Morgan fingerprint density at radius 1 is 0.958 bits per heavy atom. The molecule has 2 aliphatic rings. The van der Waals surface area contributed by atoms with Crippen LogP contribution >= 0.6 is 0 Å². The van der Waals surface area contributed by atoms with Crippen LogP contribution in [0.3, 0.4) is 0 Å². The molecule has 0 N–H and O–H groups in total. The normalized spacial score (nSPS) is 26.8. The van der Waals surface area contributed by atoms with Gasteiger partial charge in [0, 0.05) is 0 Å². The Hall–Kier alpha value is -1.32. The van der Waals surface area contributed by atoms with Crippen molar-refractivity contribution in [2.75, 3.05) is 13.2 Å². The fraction of sp³-hybridized carbons (Fsp3) is 0.800. The molecule has 3 unspecified atom stereocenters. The number of esters is 2. The Labute approximate surface area is 146 Å². The summed E-state index contributed by atoms with van der Waals surface area (Å²) in [5.41, 5.74) is 0. The van der Waals surface area contributed by atoms with Crippen molar-refractivity contribution in [2.24, 2.45) is 17.8 Å². The minimum absolute atomic E-state index is 0.195. The molecule has 0 radical (unpaired) electrons. The van der Waals surface area contributed by atoms with Gasteiger partial charge in [0.2, 0.25) is 0 Å². The van der Waals surface area contributed by atoms with Crippen molar-refractivity contribution in [3.63, 3.8) is 0 Å². The van der Waals surface area contributed by atoms with E-state index in [1.807, 2.05) is 0 Å². The molecule has 1 fully saturated rings. The second-order valence-corrected chi connectivity index (χ2v) is 7.15. The van der Waals surface area contributed by atoms with Crippen molar-refractivity contribution in [2.45, 2.75) is 71.1 Å². The van der Waals surface area contributed by atoms with E-state index >= 15 is 0 Å². The Morgan fingerprint density at radius 3 is 2.29 bits per heavy atom.